The van der Waals surface area contributed by atoms with E-state index in [1.807, 2.05) is 12.3 Å². The summed E-state index contributed by atoms with van der Waals surface area (Å²) in [5.41, 5.74) is 1.23. The second-order valence-corrected chi connectivity index (χ2v) is 2.54. The Morgan fingerprint density at radius 1 is 1.73 bits per heavy atom. The molecule has 0 radical (unpaired) electrons. The summed E-state index contributed by atoms with van der Waals surface area (Å²) in [6.45, 7) is 5.57. The highest BCUT2D eigenvalue weighted by Crippen LogP contribution is 1.97. The highest BCUT2D eigenvalue weighted by molar-refractivity contribution is 5.89. The Labute approximate surface area is 67.7 Å². The first-order valence-electron chi connectivity index (χ1n) is 3.95. The van der Waals surface area contributed by atoms with Crippen LogP contribution in [0.15, 0.2) is 29.9 Å². The number of allylic oxidation sites excluding steroid dienone is 1. The Balaban J connectivity index is 1.99. The lowest BCUT2D eigenvalue weighted by atomic mass is 10.3. The number of hydrogen-bond acceptors (Lipinski definition) is 2. The van der Waals surface area contributed by atoms with Crippen LogP contribution in [0.5, 0.6) is 0 Å². The molecule has 0 unspecified atom stereocenters. The molecule has 1 aliphatic heterocycles. The van der Waals surface area contributed by atoms with Crippen molar-refractivity contribution in [3.05, 3.63) is 24.9 Å². The number of nitrogens with zero attached hydrogens (tertiary/aromatic N) is 1. The van der Waals surface area contributed by atoms with E-state index < -0.39 is 0 Å². The molecule has 0 atom stereocenters. The summed E-state index contributed by atoms with van der Waals surface area (Å²) in [6.07, 6.45) is 7.90. The molecule has 0 aromatic rings. The summed E-state index contributed by atoms with van der Waals surface area (Å²) in [5, 5.41) is 3.29. The Morgan fingerprint density at radius 2 is 2.64 bits per heavy atom. The summed E-state index contributed by atoms with van der Waals surface area (Å²) in [4.78, 5) is 4.18. The zero-order chi connectivity index (χ0) is 7.94. The lowest BCUT2D eigenvalue weighted by molar-refractivity contribution is 0.769. The van der Waals surface area contributed by atoms with Crippen molar-refractivity contribution < 1.29 is 0 Å². The van der Waals surface area contributed by atoms with Crippen LogP contribution in [0.25, 0.3) is 0 Å². The molecule has 1 rings (SSSR count). The average molecular weight is 150 g/mol. The zero-order valence-corrected chi connectivity index (χ0v) is 6.71. The number of rotatable bonds is 5. The Kier molecular flexibility index (Phi) is 3.62. The first-order valence-corrected chi connectivity index (χ1v) is 3.95. The standard InChI is InChI=1S/C9H14N2/c1-2-3-6-10-8-9-5-4-7-11-9/h2,4,7,10H,1,3,5-6,8H2. The molecule has 0 amide bonds. The second-order valence-electron chi connectivity index (χ2n) is 2.54. The van der Waals surface area contributed by atoms with Crippen LogP contribution in [0.4, 0.5) is 0 Å². The molecule has 0 spiro atoms. The molecule has 60 valence electrons. The van der Waals surface area contributed by atoms with Crippen molar-refractivity contribution in [2.75, 3.05) is 13.1 Å². The van der Waals surface area contributed by atoms with Gasteiger partial charge in [0, 0.05) is 24.9 Å². The van der Waals surface area contributed by atoms with Gasteiger partial charge in [-0.3, -0.25) is 4.99 Å². The topological polar surface area (TPSA) is 24.4 Å². The SMILES string of the molecule is C=CCCNCC1=NC=CC1. The maximum absolute atomic E-state index is 4.18. The summed E-state index contributed by atoms with van der Waals surface area (Å²) >= 11 is 0. The van der Waals surface area contributed by atoms with Crippen LogP contribution in [0, 0.1) is 0 Å². The molecular weight excluding hydrogens is 136 g/mol. The van der Waals surface area contributed by atoms with Crippen molar-refractivity contribution in [3.8, 4) is 0 Å². The maximum Gasteiger partial charge on any atom is 0.0355 e. The molecule has 2 heteroatoms. The van der Waals surface area contributed by atoms with E-state index >= 15 is 0 Å². The lowest BCUT2D eigenvalue weighted by Gasteiger charge is -2.00. The maximum atomic E-state index is 4.18. The summed E-state index contributed by atoms with van der Waals surface area (Å²) in [5.74, 6) is 0. The largest absolute Gasteiger partial charge is 0.311 e. The molecule has 0 aromatic heterocycles. The molecule has 11 heavy (non-hydrogen) atoms. The molecular formula is C9H14N2. The van der Waals surface area contributed by atoms with E-state index in [4.69, 9.17) is 0 Å². The monoisotopic (exact) mass is 150 g/mol. The lowest BCUT2D eigenvalue weighted by Crippen LogP contribution is -2.22. The fourth-order valence-corrected chi connectivity index (χ4v) is 0.954. The fourth-order valence-electron chi connectivity index (χ4n) is 0.954. The van der Waals surface area contributed by atoms with E-state index in [1.54, 1.807) is 0 Å². The number of hydrogen-bond donors (Lipinski definition) is 1. The van der Waals surface area contributed by atoms with Crippen LogP contribution in [0.3, 0.4) is 0 Å². The van der Waals surface area contributed by atoms with Crippen LogP contribution in [-0.2, 0) is 0 Å². The summed E-state index contributed by atoms with van der Waals surface area (Å²) in [7, 11) is 0. The van der Waals surface area contributed by atoms with Gasteiger partial charge in [-0.2, -0.15) is 0 Å². The minimum atomic E-state index is 0.918. The van der Waals surface area contributed by atoms with Crippen molar-refractivity contribution in [3.63, 3.8) is 0 Å². The van der Waals surface area contributed by atoms with E-state index in [2.05, 4.69) is 23.0 Å². The fraction of sp³-hybridized carbons (Fsp3) is 0.444. The van der Waals surface area contributed by atoms with E-state index in [-0.39, 0.29) is 0 Å². The normalized spacial score (nSPS) is 15.1. The third-order valence-electron chi connectivity index (χ3n) is 1.57. The van der Waals surface area contributed by atoms with Crippen molar-refractivity contribution in [2.45, 2.75) is 12.8 Å². The molecule has 0 aliphatic carbocycles. The Bertz CT molecular complexity index is 180. The third kappa shape index (κ3) is 3.14. The van der Waals surface area contributed by atoms with E-state index in [0.29, 0.717) is 0 Å². The highest BCUT2D eigenvalue weighted by Gasteiger charge is 1.98. The molecule has 1 aliphatic rings. The Hall–Kier alpha value is -0.890. The van der Waals surface area contributed by atoms with Gasteiger partial charge in [-0.1, -0.05) is 12.2 Å². The first kappa shape index (κ1) is 8.21. The van der Waals surface area contributed by atoms with Gasteiger partial charge in [0.2, 0.25) is 0 Å². The van der Waals surface area contributed by atoms with Crippen molar-refractivity contribution in [1.82, 2.24) is 5.32 Å². The van der Waals surface area contributed by atoms with Crippen molar-refractivity contribution >= 4 is 5.71 Å². The van der Waals surface area contributed by atoms with Gasteiger partial charge >= 0.3 is 0 Å². The summed E-state index contributed by atoms with van der Waals surface area (Å²) < 4.78 is 0. The van der Waals surface area contributed by atoms with Gasteiger partial charge in [0.15, 0.2) is 0 Å². The third-order valence-corrected chi connectivity index (χ3v) is 1.57. The zero-order valence-electron chi connectivity index (χ0n) is 6.71. The molecule has 2 nitrogen and oxygen atoms in total. The van der Waals surface area contributed by atoms with Gasteiger partial charge in [-0.05, 0) is 13.0 Å². The molecule has 0 bridgehead atoms. The van der Waals surface area contributed by atoms with Gasteiger partial charge < -0.3 is 5.32 Å². The van der Waals surface area contributed by atoms with E-state index in [0.717, 1.165) is 25.9 Å². The second kappa shape index (κ2) is 4.85. The first-order chi connectivity index (χ1) is 5.43. The van der Waals surface area contributed by atoms with Gasteiger partial charge in [0.25, 0.3) is 0 Å². The molecule has 0 aromatic carbocycles. The highest BCUT2D eigenvalue weighted by atomic mass is 14.9. The van der Waals surface area contributed by atoms with Gasteiger partial charge in [-0.15, -0.1) is 6.58 Å². The van der Waals surface area contributed by atoms with Crippen molar-refractivity contribution in [1.29, 1.82) is 0 Å². The molecule has 1 N–H and O–H groups in total. The minimum Gasteiger partial charge on any atom is -0.311 e. The van der Waals surface area contributed by atoms with Gasteiger partial charge in [0.1, 0.15) is 0 Å². The van der Waals surface area contributed by atoms with E-state index in [9.17, 15) is 0 Å². The molecule has 0 saturated heterocycles. The number of aliphatic imine (C=N–C) groups is 1. The van der Waals surface area contributed by atoms with Crippen LogP contribution in [-0.4, -0.2) is 18.8 Å². The van der Waals surface area contributed by atoms with Crippen LogP contribution >= 0.6 is 0 Å². The summed E-state index contributed by atoms with van der Waals surface area (Å²) in [6, 6.07) is 0. The average Bonchev–Trinajstić information content (AvgIpc) is 2.50. The van der Waals surface area contributed by atoms with Gasteiger partial charge in [0.05, 0.1) is 0 Å². The Morgan fingerprint density at radius 3 is 3.27 bits per heavy atom. The predicted octanol–water partition coefficient (Wildman–Crippen LogP) is 1.51. The molecule has 1 heterocycles. The molecule has 0 fully saturated rings. The van der Waals surface area contributed by atoms with Crippen LogP contribution in [0.1, 0.15) is 12.8 Å². The number of nitrogens with one attached hydrogen (secondary N) is 1. The molecule has 0 saturated carbocycles. The van der Waals surface area contributed by atoms with Crippen LogP contribution in [0.2, 0.25) is 0 Å². The van der Waals surface area contributed by atoms with Gasteiger partial charge in [-0.25, -0.2) is 0 Å². The van der Waals surface area contributed by atoms with Crippen LogP contribution < -0.4 is 5.32 Å². The van der Waals surface area contributed by atoms with Crippen molar-refractivity contribution in [2.24, 2.45) is 4.99 Å². The smallest absolute Gasteiger partial charge is 0.0355 e. The van der Waals surface area contributed by atoms with E-state index in [1.165, 1.54) is 5.71 Å². The quantitative estimate of drug-likeness (QED) is 0.466. The predicted molar refractivity (Wildman–Crippen MR) is 48.9 cm³/mol. The minimum absolute atomic E-state index is 0.918.